The van der Waals surface area contributed by atoms with Gasteiger partial charge in [0.1, 0.15) is 5.72 Å². The van der Waals surface area contributed by atoms with Crippen molar-refractivity contribution in [1.29, 1.82) is 0 Å². The van der Waals surface area contributed by atoms with Crippen molar-refractivity contribution < 1.29 is 9.84 Å². The first-order chi connectivity index (χ1) is 20.6. The molecule has 2 N–H and O–H groups in total. The highest BCUT2D eigenvalue weighted by Crippen LogP contribution is 2.59. The summed E-state index contributed by atoms with van der Waals surface area (Å²) in [5.41, 5.74) is 3.43. The van der Waals surface area contributed by atoms with Gasteiger partial charge in [0.15, 0.2) is 0 Å². The molecule has 0 amide bonds. The lowest BCUT2D eigenvalue weighted by Crippen LogP contribution is -2.75. The number of fused-ring (bicyclic) bond motifs is 4. The zero-order valence-corrected chi connectivity index (χ0v) is 24.7. The van der Waals surface area contributed by atoms with Gasteiger partial charge in [0.25, 0.3) is 0 Å². The van der Waals surface area contributed by atoms with Crippen LogP contribution in [-0.4, -0.2) is 74.0 Å². The molecular formula is C36H44N4O2. The topological polar surface area (TPSA) is 64.6 Å². The first kappa shape index (κ1) is 25.9. The summed E-state index contributed by atoms with van der Waals surface area (Å²) in [6.45, 7) is 3.31. The van der Waals surface area contributed by atoms with Crippen molar-refractivity contribution in [3.63, 3.8) is 0 Å². The lowest BCUT2D eigenvalue weighted by atomic mass is 9.57. The van der Waals surface area contributed by atoms with Gasteiger partial charge in [-0.15, -0.1) is 0 Å². The zero-order chi connectivity index (χ0) is 27.9. The van der Waals surface area contributed by atoms with Crippen LogP contribution in [0.2, 0.25) is 0 Å². The fourth-order valence-corrected chi connectivity index (χ4v) is 10.3. The van der Waals surface area contributed by atoms with Crippen molar-refractivity contribution >= 4 is 27.4 Å². The van der Waals surface area contributed by atoms with Gasteiger partial charge >= 0.3 is 0 Å². The molecule has 7 heterocycles. The molecule has 4 fully saturated rings. The van der Waals surface area contributed by atoms with E-state index in [0.29, 0.717) is 24.0 Å². The van der Waals surface area contributed by atoms with Gasteiger partial charge in [0, 0.05) is 53.5 Å². The van der Waals surface area contributed by atoms with Crippen LogP contribution in [0.5, 0.6) is 0 Å². The molecule has 8 atom stereocenters. The van der Waals surface area contributed by atoms with Crippen molar-refractivity contribution in [2.24, 2.45) is 11.8 Å². The summed E-state index contributed by atoms with van der Waals surface area (Å²) < 4.78 is 7.06. The number of allylic oxidation sites excluding steroid dienone is 3. The smallest absolute Gasteiger partial charge is 0.124 e. The lowest BCUT2D eigenvalue weighted by Gasteiger charge is -2.65. The maximum atomic E-state index is 13.1. The third-order valence-electron chi connectivity index (χ3n) is 12.0. The van der Waals surface area contributed by atoms with Crippen LogP contribution in [0.4, 0.5) is 0 Å². The average Bonchev–Trinajstić information content (AvgIpc) is 3.52. The Kier molecular flexibility index (Phi) is 6.02. The Balaban J connectivity index is 1.26. The second-order valence-electron chi connectivity index (χ2n) is 14.1. The van der Waals surface area contributed by atoms with E-state index in [4.69, 9.17) is 9.72 Å². The molecule has 42 heavy (non-hydrogen) atoms. The van der Waals surface area contributed by atoms with Gasteiger partial charge in [0.2, 0.25) is 0 Å². The molecule has 1 aromatic carbocycles. The van der Waals surface area contributed by atoms with E-state index in [-0.39, 0.29) is 11.8 Å². The number of nitrogens with one attached hydrogen (secondary N) is 1. The van der Waals surface area contributed by atoms with Crippen LogP contribution in [0, 0.1) is 11.8 Å². The fourth-order valence-electron chi connectivity index (χ4n) is 10.3. The van der Waals surface area contributed by atoms with Crippen molar-refractivity contribution in [2.45, 2.75) is 100 Å². The van der Waals surface area contributed by atoms with Gasteiger partial charge in [-0.25, -0.2) is 0 Å². The number of aliphatic hydroxyl groups is 1. The number of benzene rings is 1. The SMILES string of the molecule is O[C@]12C=C(c3nccc4c3[nH]c3ccccc34)C3CCN(CCCC/C=C\CC1)[C@H]1CC45CCC(CCCN4[C@@H]2C31)O5. The van der Waals surface area contributed by atoms with Crippen LogP contribution in [0.3, 0.4) is 0 Å². The number of aromatic amines is 1. The number of aromatic nitrogens is 2. The van der Waals surface area contributed by atoms with Gasteiger partial charge in [-0.05, 0) is 107 Å². The van der Waals surface area contributed by atoms with E-state index in [9.17, 15) is 5.11 Å². The van der Waals surface area contributed by atoms with Crippen LogP contribution in [0.1, 0.15) is 76.3 Å². The van der Waals surface area contributed by atoms with E-state index >= 15 is 0 Å². The molecule has 6 heteroatoms. The molecule has 4 saturated heterocycles. The molecule has 220 valence electrons. The van der Waals surface area contributed by atoms with Gasteiger partial charge in [-0.2, -0.15) is 0 Å². The summed E-state index contributed by atoms with van der Waals surface area (Å²) >= 11 is 0. The van der Waals surface area contributed by atoms with E-state index in [1.807, 2.05) is 6.20 Å². The molecule has 1 spiro atoms. The van der Waals surface area contributed by atoms with E-state index in [1.54, 1.807) is 0 Å². The largest absolute Gasteiger partial charge is 0.384 e. The van der Waals surface area contributed by atoms with Crippen molar-refractivity contribution in [3.05, 3.63) is 60.5 Å². The summed E-state index contributed by atoms with van der Waals surface area (Å²) in [5.74, 6) is 0.737. The maximum absolute atomic E-state index is 13.1. The number of ether oxygens (including phenoxy) is 1. The molecule has 5 aliphatic heterocycles. The van der Waals surface area contributed by atoms with Crippen molar-refractivity contribution in [3.8, 4) is 0 Å². The van der Waals surface area contributed by atoms with Crippen LogP contribution in [0.15, 0.2) is 54.8 Å². The average molecular weight is 565 g/mol. The minimum Gasteiger partial charge on any atom is -0.384 e. The third kappa shape index (κ3) is 3.81. The number of nitrogens with zero attached hydrogens (tertiary/aromatic N) is 3. The van der Waals surface area contributed by atoms with Crippen LogP contribution in [-0.2, 0) is 4.74 Å². The Hall–Kier alpha value is -2.51. The summed E-state index contributed by atoms with van der Waals surface area (Å²) in [7, 11) is 0. The molecule has 1 aliphatic carbocycles. The molecule has 6 aliphatic rings. The maximum Gasteiger partial charge on any atom is 0.124 e. The molecule has 5 unspecified atom stereocenters. The van der Waals surface area contributed by atoms with Crippen LogP contribution >= 0.6 is 0 Å². The van der Waals surface area contributed by atoms with Crippen LogP contribution < -0.4 is 0 Å². The zero-order valence-electron chi connectivity index (χ0n) is 24.7. The second-order valence-corrected chi connectivity index (χ2v) is 14.1. The Morgan fingerprint density at radius 1 is 0.929 bits per heavy atom. The highest BCUT2D eigenvalue weighted by atomic mass is 16.5. The number of hydrogen-bond donors (Lipinski definition) is 2. The molecule has 9 rings (SSSR count). The van der Waals surface area contributed by atoms with Crippen LogP contribution in [0.25, 0.3) is 27.4 Å². The van der Waals surface area contributed by atoms with Gasteiger partial charge < -0.3 is 14.8 Å². The first-order valence-corrected chi connectivity index (χ1v) is 16.8. The predicted octanol–water partition coefficient (Wildman–Crippen LogP) is 6.41. The summed E-state index contributed by atoms with van der Waals surface area (Å²) in [4.78, 5) is 14.4. The molecule has 0 saturated carbocycles. The van der Waals surface area contributed by atoms with Crippen molar-refractivity contribution in [1.82, 2.24) is 19.8 Å². The van der Waals surface area contributed by atoms with Gasteiger partial charge in [-0.3, -0.25) is 14.8 Å². The first-order valence-electron chi connectivity index (χ1n) is 16.8. The summed E-state index contributed by atoms with van der Waals surface area (Å²) in [5, 5.41) is 15.6. The fraction of sp³-hybridized carbons (Fsp3) is 0.583. The minimum atomic E-state index is -0.939. The Morgan fingerprint density at radius 3 is 2.83 bits per heavy atom. The number of rotatable bonds is 1. The van der Waals surface area contributed by atoms with Gasteiger partial charge in [0.05, 0.1) is 22.9 Å². The highest BCUT2D eigenvalue weighted by molar-refractivity contribution is 6.09. The molecule has 6 nitrogen and oxygen atoms in total. The Morgan fingerprint density at radius 2 is 1.86 bits per heavy atom. The van der Waals surface area contributed by atoms with E-state index < -0.39 is 5.60 Å². The second kappa shape index (κ2) is 9.75. The standard InChI is InChI=1S/C36H44N4O2/c41-35-16-7-3-1-2-4-8-19-39-21-15-26(31-30(39)23-36-17-13-24(42-36)10-9-20-40(36)34(31)35)28(22-35)32-33-27(14-18-37-32)25-11-5-6-12-29(25)38-33/h1,3,5-6,11-12,14,18,22,24,26,30-31,34,38,41H,2,4,7-10,13,15-17,19-21,23H2/b3-1-/t24?,26?,30-,31?,34+,35-,36?/m0/s1. The van der Waals surface area contributed by atoms with E-state index in [0.717, 1.165) is 87.7 Å². The highest BCUT2D eigenvalue weighted by Gasteiger charge is 2.65. The number of piperidine rings is 2. The number of hydrogen-bond acceptors (Lipinski definition) is 5. The number of H-pyrrole nitrogens is 1. The Bertz CT molecular complexity index is 1580. The monoisotopic (exact) mass is 564 g/mol. The van der Waals surface area contributed by atoms with E-state index in [1.165, 1.54) is 35.6 Å². The summed E-state index contributed by atoms with van der Waals surface area (Å²) in [6.07, 6.45) is 21.4. The molecule has 2 aromatic heterocycles. The molecule has 3 aromatic rings. The van der Waals surface area contributed by atoms with Crippen molar-refractivity contribution in [2.75, 3.05) is 19.6 Å². The number of para-hydroxylation sites is 1. The predicted molar refractivity (Wildman–Crippen MR) is 167 cm³/mol. The third-order valence-corrected chi connectivity index (χ3v) is 12.0. The summed E-state index contributed by atoms with van der Waals surface area (Å²) in [6, 6.07) is 11.2. The molecule has 0 radical (unpaired) electrons. The number of pyridine rings is 1. The minimum absolute atomic E-state index is 0.0701. The normalized spacial score (nSPS) is 40.9. The quantitative estimate of drug-likeness (QED) is 0.334. The van der Waals surface area contributed by atoms with E-state index in [2.05, 4.69) is 63.3 Å². The van der Waals surface area contributed by atoms with Gasteiger partial charge in [-0.1, -0.05) is 30.4 Å². The molecule has 7 bridgehead atoms. The Labute approximate surface area is 248 Å². The lowest BCUT2D eigenvalue weighted by molar-refractivity contribution is -0.242. The molecular weight excluding hydrogens is 520 g/mol.